The van der Waals surface area contributed by atoms with Crippen molar-refractivity contribution in [2.75, 3.05) is 5.32 Å². The van der Waals surface area contributed by atoms with Gasteiger partial charge in [-0.3, -0.25) is 14.4 Å². The number of nitrogens with zero attached hydrogens (tertiary/aromatic N) is 2. The maximum Gasteiger partial charge on any atom is 0.326 e. The molecule has 0 bridgehead atoms. The molecule has 0 radical (unpaired) electrons. The van der Waals surface area contributed by atoms with Crippen LogP contribution in [0.15, 0.2) is 146 Å². The van der Waals surface area contributed by atoms with Gasteiger partial charge in [0.05, 0.1) is 27.4 Å². The largest absolute Gasteiger partial charge is 0.489 e. The number of carbonyl (C=O) groups excluding carboxylic acids is 3. The number of carbonyl (C=O) groups is 4. The van der Waals surface area contributed by atoms with Crippen LogP contribution in [0, 0.1) is 11.3 Å². The van der Waals surface area contributed by atoms with E-state index in [4.69, 9.17) is 37.9 Å². The SMILES string of the molecule is N#Cc1ccc(-c2ccc(C[C@H](NC(=O)C3Cc4cc5c(cc4CN3C(=O)c3ccc4ccccc4c3)O[C@@H](c3ccc(OCc4ccc(Cl)c(Cl)c4)cc3)C(=O)N5)C(=O)O)cc2)cc1. The molecule has 2 aliphatic heterocycles. The van der Waals surface area contributed by atoms with Gasteiger partial charge in [0, 0.05) is 30.5 Å². The van der Waals surface area contributed by atoms with E-state index in [1.165, 1.54) is 4.90 Å². The number of rotatable bonds is 11. The van der Waals surface area contributed by atoms with Crippen molar-refractivity contribution in [2.24, 2.45) is 0 Å². The van der Waals surface area contributed by atoms with E-state index in [9.17, 15) is 24.3 Å². The Morgan fingerprint density at radius 2 is 1.52 bits per heavy atom. The minimum atomic E-state index is -1.31. The van der Waals surface area contributed by atoms with Gasteiger partial charge in [-0.15, -0.1) is 0 Å². The van der Waals surface area contributed by atoms with Crippen molar-refractivity contribution in [3.63, 3.8) is 0 Å². The van der Waals surface area contributed by atoms with Gasteiger partial charge < -0.3 is 30.1 Å². The lowest BCUT2D eigenvalue weighted by molar-refractivity contribution is -0.142. The standard InChI is InChI=1S/C52H38Cl2N4O7/c53-42-20-9-32(21-43(42)54)29-64-41-18-16-36(17-19-41)48-50(60)56-44-24-39-25-46(58(28-40(39)26-47(44)65-48)51(61)38-15-14-33-3-1-2-4-37(33)23-38)49(59)57-45(52(62)63)22-30-5-10-34(11-6-30)35-12-7-31(27-55)8-13-35/h1-21,23-24,26,45-46,48H,22,25,28-29H2,(H,56,60)(H,57,59)(H,62,63)/t45-,46?,48-/m0/s1. The van der Waals surface area contributed by atoms with E-state index in [2.05, 4.69) is 16.7 Å². The molecule has 0 fully saturated rings. The number of anilines is 1. The van der Waals surface area contributed by atoms with Crippen LogP contribution in [0.2, 0.25) is 10.0 Å². The third kappa shape index (κ3) is 9.22. The van der Waals surface area contributed by atoms with Crippen LogP contribution >= 0.6 is 23.2 Å². The minimum Gasteiger partial charge on any atom is -0.489 e. The highest BCUT2D eigenvalue weighted by Gasteiger charge is 2.39. The van der Waals surface area contributed by atoms with Crippen molar-refractivity contribution in [3.05, 3.63) is 195 Å². The molecule has 3 amide bonds. The highest BCUT2D eigenvalue weighted by Crippen LogP contribution is 2.40. The topological polar surface area (TPSA) is 158 Å². The Labute approximate surface area is 383 Å². The molecule has 13 heteroatoms. The quantitative estimate of drug-likeness (QED) is 0.116. The molecule has 7 aromatic rings. The van der Waals surface area contributed by atoms with Crippen LogP contribution in [-0.2, 0) is 40.4 Å². The Kier molecular flexibility index (Phi) is 12.0. The summed E-state index contributed by atoms with van der Waals surface area (Å²) in [5.41, 5.74) is 6.62. The molecule has 0 aliphatic carbocycles. The van der Waals surface area contributed by atoms with Gasteiger partial charge >= 0.3 is 5.97 Å². The Balaban J connectivity index is 0.951. The highest BCUT2D eigenvalue weighted by atomic mass is 35.5. The number of carboxylic acid groups (broad SMARTS) is 1. The monoisotopic (exact) mass is 900 g/mol. The van der Waals surface area contributed by atoms with Crippen molar-refractivity contribution in [1.29, 1.82) is 5.26 Å². The first-order valence-corrected chi connectivity index (χ1v) is 21.5. The molecule has 9 rings (SSSR count). The van der Waals surface area contributed by atoms with E-state index in [1.54, 1.807) is 84.9 Å². The van der Waals surface area contributed by atoms with Crippen molar-refractivity contribution >= 4 is 63.4 Å². The number of benzene rings is 7. The van der Waals surface area contributed by atoms with Gasteiger partial charge in [0.2, 0.25) is 12.0 Å². The molecule has 2 aliphatic rings. The van der Waals surface area contributed by atoms with Crippen LogP contribution in [0.1, 0.15) is 49.8 Å². The Morgan fingerprint density at radius 1 is 0.815 bits per heavy atom. The first kappa shape index (κ1) is 42.6. The second kappa shape index (κ2) is 18.2. The van der Waals surface area contributed by atoms with Crippen LogP contribution in [0.5, 0.6) is 11.5 Å². The summed E-state index contributed by atoms with van der Waals surface area (Å²) in [6.45, 7) is 0.267. The number of nitriles is 1. The zero-order chi connectivity index (χ0) is 45.2. The Bertz CT molecular complexity index is 3040. The van der Waals surface area contributed by atoms with E-state index < -0.39 is 41.9 Å². The molecule has 7 aromatic carbocycles. The molecule has 322 valence electrons. The third-order valence-corrected chi connectivity index (χ3v) is 12.4. The van der Waals surface area contributed by atoms with Crippen LogP contribution < -0.4 is 20.1 Å². The first-order valence-electron chi connectivity index (χ1n) is 20.7. The summed E-state index contributed by atoms with van der Waals surface area (Å²) in [6.07, 6.45) is -0.951. The fraction of sp³-hybridized carbons (Fsp3) is 0.135. The predicted molar refractivity (Wildman–Crippen MR) is 247 cm³/mol. The first-order chi connectivity index (χ1) is 31.5. The number of ether oxygens (including phenoxy) is 2. The van der Waals surface area contributed by atoms with Gasteiger partial charge in [0.1, 0.15) is 30.2 Å². The van der Waals surface area contributed by atoms with E-state index in [0.29, 0.717) is 60.6 Å². The maximum absolute atomic E-state index is 14.5. The normalized spacial score (nSPS) is 15.6. The van der Waals surface area contributed by atoms with Gasteiger partial charge in [-0.2, -0.15) is 5.26 Å². The molecule has 0 spiro atoms. The number of amides is 3. The summed E-state index contributed by atoms with van der Waals surface area (Å²) in [7, 11) is 0. The Morgan fingerprint density at radius 3 is 2.23 bits per heavy atom. The van der Waals surface area contributed by atoms with Crippen molar-refractivity contribution in [1.82, 2.24) is 10.2 Å². The average Bonchev–Trinajstić information content (AvgIpc) is 3.33. The summed E-state index contributed by atoms with van der Waals surface area (Å²) in [4.78, 5) is 56.5. The van der Waals surface area contributed by atoms with E-state index in [1.807, 2.05) is 60.7 Å². The molecule has 0 saturated carbocycles. The lowest BCUT2D eigenvalue weighted by atomic mass is 9.91. The van der Waals surface area contributed by atoms with Gasteiger partial charge in [-0.25, -0.2) is 4.79 Å². The van der Waals surface area contributed by atoms with Gasteiger partial charge in [0.25, 0.3) is 11.8 Å². The second-order valence-electron chi connectivity index (χ2n) is 15.9. The molecule has 1 unspecified atom stereocenters. The van der Waals surface area contributed by atoms with Crippen LogP contribution in [-0.4, -0.2) is 45.8 Å². The van der Waals surface area contributed by atoms with E-state index in [-0.39, 0.29) is 26.0 Å². The van der Waals surface area contributed by atoms with E-state index >= 15 is 0 Å². The molecule has 65 heavy (non-hydrogen) atoms. The molecular weight excluding hydrogens is 863 g/mol. The Hall–Kier alpha value is -7.65. The minimum absolute atomic E-state index is 0.00769. The highest BCUT2D eigenvalue weighted by molar-refractivity contribution is 6.42. The number of nitrogens with one attached hydrogen (secondary N) is 2. The number of carboxylic acids is 1. The number of hydrogen-bond acceptors (Lipinski definition) is 7. The molecule has 3 atom stereocenters. The van der Waals surface area contributed by atoms with Crippen LogP contribution in [0.3, 0.4) is 0 Å². The number of hydrogen-bond donors (Lipinski definition) is 3. The predicted octanol–water partition coefficient (Wildman–Crippen LogP) is 9.72. The van der Waals surface area contributed by atoms with Crippen molar-refractivity contribution in [2.45, 2.75) is 44.2 Å². The number of aliphatic carboxylic acids is 1. The average molecular weight is 902 g/mol. The summed E-state index contributed by atoms with van der Waals surface area (Å²) in [5, 5.41) is 27.9. The molecule has 0 aromatic heterocycles. The molecule has 0 saturated heterocycles. The summed E-state index contributed by atoms with van der Waals surface area (Å²) in [5.74, 6) is -1.69. The lowest BCUT2D eigenvalue weighted by Gasteiger charge is -2.37. The van der Waals surface area contributed by atoms with Gasteiger partial charge in [-0.1, -0.05) is 108 Å². The summed E-state index contributed by atoms with van der Waals surface area (Å²) < 4.78 is 12.3. The molecule has 2 heterocycles. The molecular formula is C52H38Cl2N4O7. The fourth-order valence-corrected chi connectivity index (χ4v) is 8.48. The lowest BCUT2D eigenvalue weighted by Crippen LogP contribution is -2.56. The summed E-state index contributed by atoms with van der Waals surface area (Å²) >= 11 is 12.2. The van der Waals surface area contributed by atoms with E-state index in [0.717, 1.165) is 27.5 Å². The fourth-order valence-electron chi connectivity index (χ4n) is 8.15. The number of halogens is 2. The molecule has 3 N–H and O–H groups in total. The second-order valence-corrected chi connectivity index (χ2v) is 16.7. The van der Waals surface area contributed by atoms with Crippen LogP contribution in [0.25, 0.3) is 21.9 Å². The van der Waals surface area contributed by atoms with Crippen molar-refractivity contribution < 1.29 is 33.8 Å². The zero-order valence-electron chi connectivity index (χ0n) is 34.5. The van der Waals surface area contributed by atoms with Gasteiger partial charge in [0.15, 0.2) is 0 Å². The molecule has 11 nitrogen and oxygen atoms in total. The summed E-state index contributed by atoms with van der Waals surface area (Å²) in [6, 6.07) is 43.0. The smallest absolute Gasteiger partial charge is 0.326 e. The third-order valence-electron chi connectivity index (χ3n) is 11.7. The van der Waals surface area contributed by atoms with Gasteiger partial charge in [-0.05, 0) is 105 Å². The van der Waals surface area contributed by atoms with Crippen molar-refractivity contribution in [3.8, 4) is 28.7 Å². The zero-order valence-corrected chi connectivity index (χ0v) is 36.0. The maximum atomic E-state index is 14.5. The van der Waals surface area contributed by atoms with Crippen LogP contribution in [0.4, 0.5) is 5.69 Å². The number of fused-ring (bicyclic) bond motifs is 3.